The third-order valence-electron chi connectivity index (χ3n) is 5.81. The zero-order chi connectivity index (χ0) is 24.5. The van der Waals surface area contributed by atoms with E-state index < -0.39 is 11.2 Å². The topological polar surface area (TPSA) is 91.9 Å². The molecule has 188 valence electrons. The fourth-order valence-corrected chi connectivity index (χ4v) is 4.07. The molecule has 0 aromatic heterocycles. The van der Waals surface area contributed by atoms with Crippen LogP contribution in [0.5, 0.6) is 0 Å². The van der Waals surface area contributed by atoms with Crippen molar-refractivity contribution in [1.29, 1.82) is 0 Å². The van der Waals surface area contributed by atoms with Crippen LogP contribution in [0.3, 0.4) is 0 Å². The first-order chi connectivity index (χ1) is 14.7. The Hall–Kier alpha value is -1.54. The van der Waals surface area contributed by atoms with E-state index in [-0.39, 0.29) is 24.3 Å². The summed E-state index contributed by atoms with van der Waals surface area (Å²) in [6, 6.07) is 1.66. The van der Waals surface area contributed by atoms with Crippen LogP contribution in [0.15, 0.2) is 0 Å². The van der Waals surface area contributed by atoms with Crippen molar-refractivity contribution in [1.82, 2.24) is 20.9 Å². The molecule has 0 saturated heterocycles. The minimum atomic E-state index is -0.414. The molecule has 2 aliphatic rings. The minimum absolute atomic E-state index is 0.261. The van der Waals surface area contributed by atoms with Gasteiger partial charge in [0.25, 0.3) is 0 Å². The summed E-state index contributed by atoms with van der Waals surface area (Å²) in [5, 5.41) is 9.08. The average molecular weight is 457 g/mol. The van der Waals surface area contributed by atoms with E-state index in [4.69, 9.17) is 9.47 Å². The fraction of sp³-hybridized carbons (Fsp3) is 0.917. The van der Waals surface area contributed by atoms with Gasteiger partial charge in [0.15, 0.2) is 0 Å². The largest absolute Gasteiger partial charge is 0.444 e. The summed E-state index contributed by atoms with van der Waals surface area (Å²) in [7, 11) is 4.10. The molecule has 0 heterocycles. The molecule has 0 aromatic carbocycles. The van der Waals surface area contributed by atoms with Gasteiger partial charge in [0.05, 0.1) is 0 Å². The Kier molecular flexibility index (Phi) is 11.2. The lowest BCUT2D eigenvalue weighted by molar-refractivity contribution is 0.0492. The second-order valence-corrected chi connectivity index (χ2v) is 11.0. The van der Waals surface area contributed by atoms with Crippen LogP contribution < -0.4 is 16.0 Å². The molecule has 2 amide bonds. The smallest absolute Gasteiger partial charge is 0.407 e. The van der Waals surface area contributed by atoms with E-state index in [9.17, 15) is 9.59 Å². The zero-order valence-corrected chi connectivity index (χ0v) is 21.8. The zero-order valence-electron chi connectivity index (χ0n) is 21.8. The maximum atomic E-state index is 11.6. The van der Waals surface area contributed by atoms with Crippen LogP contribution in [0.25, 0.3) is 0 Å². The van der Waals surface area contributed by atoms with Crippen molar-refractivity contribution < 1.29 is 19.1 Å². The van der Waals surface area contributed by atoms with Crippen molar-refractivity contribution in [3.05, 3.63) is 0 Å². The monoisotopic (exact) mass is 456 g/mol. The lowest BCUT2D eigenvalue weighted by Gasteiger charge is -2.24. The van der Waals surface area contributed by atoms with Crippen LogP contribution in [0.1, 0.15) is 87.0 Å². The molecule has 0 spiro atoms. The molecule has 0 aromatic rings. The van der Waals surface area contributed by atoms with E-state index in [1.807, 2.05) is 48.6 Å². The number of alkyl carbamates (subject to hydrolysis) is 2. The Bertz CT molecular complexity index is 586. The highest BCUT2D eigenvalue weighted by molar-refractivity contribution is 5.68. The molecule has 3 N–H and O–H groups in total. The first kappa shape index (κ1) is 28.5. The summed E-state index contributed by atoms with van der Waals surface area (Å²) in [5.74, 6) is 0. The molecule has 8 heteroatoms. The molecule has 0 radical (unpaired) electrons. The Balaban J connectivity index is 0.000000323. The lowest BCUT2D eigenvalue weighted by atomic mass is 10.2. The van der Waals surface area contributed by atoms with Crippen molar-refractivity contribution in [2.75, 3.05) is 20.6 Å². The molecular formula is C24H48N4O4. The van der Waals surface area contributed by atoms with Crippen LogP contribution in [-0.4, -0.2) is 73.1 Å². The number of rotatable bonds is 5. The normalized spacial score (nSPS) is 25.7. The van der Waals surface area contributed by atoms with Crippen molar-refractivity contribution >= 4 is 12.2 Å². The van der Waals surface area contributed by atoms with Crippen molar-refractivity contribution in [3.63, 3.8) is 0 Å². The maximum Gasteiger partial charge on any atom is 0.407 e. The quantitative estimate of drug-likeness (QED) is 0.578. The van der Waals surface area contributed by atoms with Gasteiger partial charge in [0, 0.05) is 24.2 Å². The average Bonchev–Trinajstić information content (AvgIpc) is 3.27. The first-order valence-corrected chi connectivity index (χ1v) is 12.1. The highest BCUT2D eigenvalue weighted by atomic mass is 16.6. The van der Waals surface area contributed by atoms with E-state index in [0.717, 1.165) is 45.1 Å². The van der Waals surface area contributed by atoms with E-state index >= 15 is 0 Å². The van der Waals surface area contributed by atoms with Gasteiger partial charge >= 0.3 is 12.2 Å². The van der Waals surface area contributed by atoms with Gasteiger partial charge in [0.1, 0.15) is 11.2 Å². The predicted molar refractivity (Wildman–Crippen MR) is 129 cm³/mol. The lowest BCUT2D eigenvalue weighted by Crippen LogP contribution is -2.39. The predicted octanol–water partition coefficient (Wildman–Crippen LogP) is 4.04. The first-order valence-electron chi connectivity index (χ1n) is 12.1. The second kappa shape index (κ2) is 12.6. The van der Waals surface area contributed by atoms with Gasteiger partial charge in [-0.2, -0.15) is 0 Å². The van der Waals surface area contributed by atoms with Crippen molar-refractivity contribution in [3.8, 4) is 0 Å². The highest BCUT2D eigenvalue weighted by Gasteiger charge is 2.29. The summed E-state index contributed by atoms with van der Waals surface area (Å²) < 4.78 is 10.5. The summed E-state index contributed by atoms with van der Waals surface area (Å²) in [4.78, 5) is 25.4. The van der Waals surface area contributed by atoms with Gasteiger partial charge < -0.3 is 30.3 Å². The van der Waals surface area contributed by atoms with E-state index in [0.29, 0.717) is 12.1 Å². The number of hydrogen-bond acceptors (Lipinski definition) is 6. The van der Waals surface area contributed by atoms with Crippen LogP contribution in [-0.2, 0) is 9.47 Å². The summed E-state index contributed by atoms with van der Waals surface area (Å²) in [6.45, 7) is 14.5. The number of hydrogen-bond donors (Lipinski definition) is 3. The second-order valence-electron chi connectivity index (χ2n) is 11.0. The summed E-state index contributed by atoms with van der Waals surface area (Å²) >= 11 is 0. The molecule has 2 saturated carbocycles. The highest BCUT2D eigenvalue weighted by Crippen LogP contribution is 2.23. The molecule has 8 nitrogen and oxygen atoms in total. The number of carbonyl (C=O) groups is 2. The Labute approximate surface area is 195 Å². The molecule has 4 atom stereocenters. The van der Waals surface area contributed by atoms with Gasteiger partial charge in [-0.05, 0) is 101 Å². The minimum Gasteiger partial charge on any atom is -0.444 e. The molecular weight excluding hydrogens is 408 g/mol. The molecule has 0 aliphatic heterocycles. The van der Waals surface area contributed by atoms with Crippen molar-refractivity contribution in [2.24, 2.45) is 0 Å². The third-order valence-corrected chi connectivity index (χ3v) is 5.81. The standard InChI is InChI=1S/C13H26N2O2.C11H22N2O2/c1-6-15(5)11-8-7-10(9-11)14-12(16)17-13(2,3)4;1-11(2,3)15-10(14)13-9-6-5-8(7-9)12-4/h10-11H,6-9H2,1-5H3,(H,14,16);8-9,12H,5-7H2,1-4H3,(H,13,14)/t10-,11+;8-,9+/m01/s1. The van der Waals surface area contributed by atoms with Gasteiger partial charge in [-0.1, -0.05) is 6.92 Å². The van der Waals surface area contributed by atoms with Crippen LogP contribution in [0.4, 0.5) is 9.59 Å². The molecule has 2 rings (SSSR count). The Morgan fingerprint density at radius 3 is 1.66 bits per heavy atom. The molecule has 0 unspecified atom stereocenters. The van der Waals surface area contributed by atoms with Gasteiger partial charge in [-0.25, -0.2) is 9.59 Å². The number of ether oxygens (including phenoxy) is 2. The molecule has 32 heavy (non-hydrogen) atoms. The van der Waals surface area contributed by atoms with Crippen LogP contribution >= 0.6 is 0 Å². The van der Waals surface area contributed by atoms with E-state index in [1.165, 1.54) is 0 Å². The van der Waals surface area contributed by atoms with E-state index in [2.05, 4.69) is 34.8 Å². The van der Waals surface area contributed by atoms with Crippen molar-refractivity contribution in [2.45, 2.75) is 122 Å². The van der Waals surface area contributed by atoms with Gasteiger partial charge in [-0.3, -0.25) is 0 Å². The maximum absolute atomic E-state index is 11.6. The van der Waals surface area contributed by atoms with Gasteiger partial charge in [0.2, 0.25) is 0 Å². The Morgan fingerprint density at radius 1 is 0.812 bits per heavy atom. The fourth-order valence-electron chi connectivity index (χ4n) is 4.07. The van der Waals surface area contributed by atoms with Crippen LogP contribution in [0, 0.1) is 0 Å². The van der Waals surface area contributed by atoms with Gasteiger partial charge in [-0.15, -0.1) is 0 Å². The summed E-state index contributed by atoms with van der Waals surface area (Å²) in [5.41, 5.74) is -0.826. The third kappa shape index (κ3) is 11.9. The molecule has 0 bridgehead atoms. The van der Waals surface area contributed by atoms with E-state index in [1.54, 1.807) is 0 Å². The summed E-state index contributed by atoms with van der Waals surface area (Å²) in [6.07, 6.45) is 5.80. The molecule has 2 aliphatic carbocycles. The Morgan fingerprint density at radius 2 is 1.25 bits per heavy atom. The SMILES string of the molecule is CCN(C)[C@@H]1CC[C@H](NC(=O)OC(C)(C)C)C1.CN[C@@H]1CC[C@H](NC(=O)OC(C)(C)C)C1. The number of nitrogens with one attached hydrogen (secondary N) is 3. The van der Waals surface area contributed by atoms with Crippen LogP contribution in [0.2, 0.25) is 0 Å². The number of carbonyl (C=O) groups excluding carboxylic acids is 2. The number of amides is 2. The molecule has 2 fully saturated rings. The number of nitrogens with zero attached hydrogens (tertiary/aromatic N) is 1.